The fourth-order valence-corrected chi connectivity index (χ4v) is 7.92. The normalized spacial score (nSPS) is 11.7. The Morgan fingerprint density at radius 3 is 1.49 bits per heavy atom. The van der Waals surface area contributed by atoms with Gasteiger partial charge in [-0.2, -0.15) is 0 Å². The Kier molecular flexibility index (Phi) is 6.25. The molecular weight excluding hydrogens is 593 g/mol. The van der Waals surface area contributed by atoms with Crippen LogP contribution in [0.4, 0.5) is 0 Å². The van der Waals surface area contributed by atoms with Crippen LogP contribution in [0.25, 0.3) is 98.8 Å². The predicted molar refractivity (Wildman–Crippen MR) is 208 cm³/mol. The van der Waals surface area contributed by atoms with Crippen molar-refractivity contribution in [3.63, 3.8) is 0 Å². The standard InChI is InChI=1S/C48H30O/c1-3-15-31(16-4-1)34-29-42(33-17-5-2-6-18-33)48-43(30-34)47-41(27-14-28-44(47)49-48)46-39-24-11-9-22-37(39)45(38-23-10-12-25-40(38)46)36-26-13-20-32-19-7-8-21-35(32)36/h1-30H. The average molecular weight is 623 g/mol. The summed E-state index contributed by atoms with van der Waals surface area (Å²) >= 11 is 0. The largest absolute Gasteiger partial charge is 0.455 e. The Labute approximate surface area is 284 Å². The van der Waals surface area contributed by atoms with Crippen molar-refractivity contribution in [3.05, 3.63) is 182 Å². The van der Waals surface area contributed by atoms with E-state index < -0.39 is 0 Å². The van der Waals surface area contributed by atoms with Gasteiger partial charge in [-0.3, -0.25) is 0 Å². The van der Waals surface area contributed by atoms with E-state index in [0.717, 1.165) is 33.1 Å². The summed E-state index contributed by atoms with van der Waals surface area (Å²) in [6.07, 6.45) is 0. The topological polar surface area (TPSA) is 13.1 Å². The van der Waals surface area contributed by atoms with Crippen molar-refractivity contribution in [1.82, 2.24) is 0 Å². The highest BCUT2D eigenvalue weighted by Crippen LogP contribution is 2.49. The van der Waals surface area contributed by atoms with Gasteiger partial charge in [0, 0.05) is 16.3 Å². The second-order valence-electron chi connectivity index (χ2n) is 12.8. The van der Waals surface area contributed by atoms with Crippen molar-refractivity contribution < 1.29 is 4.42 Å². The third-order valence-electron chi connectivity index (χ3n) is 10.0. The summed E-state index contributed by atoms with van der Waals surface area (Å²) in [5, 5.41) is 9.72. The van der Waals surface area contributed by atoms with Crippen LogP contribution in [0.2, 0.25) is 0 Å². The average Bonchev–Trinajstić information content (AvgIpc) is 3.56. The van der Waals surface area contributed by atoms with Crippen LogP contribution < -0.4 is 0 Å². The van der Waals surface area contributed by atoms with Crippen molar-refractivity contribution in [2.75, 3.05) is 0 Å². The third-order valence-corrected chi connectivity index (χ3v) is 10.0. The van der Waals surface area contributed by atoms with Gasteiger partial charge < -0.3 is 4.42 Å². The number of fused-ring (bicyclic) bond motifs is 6. The molecule has 10 aromatic rings. The molecule has 0 N–H and O–H groups in total. The molecule has 228 valence electrons. The molecule has 1 nitrogen and oxygen atoms in total. The predicted octanol–water partition coefficient (Wildman–Crippen LogP) is 13.7. The maximum atomic E-state index is 6.86. The molecule has 0 atom stereocenters. The summed E-state index contributed by atoms with van der Waals surface area (Å²) < 4.78 is 6.86. The van der Waals surface area contributed by atoms with Gasteiger partial charge in [-0.05, 0) is 89.5 Å². The van der Waals surface area contributed by atoms with Crippen LogP contribution in [0, 0.1) is 0 Å². The summed E-state index contributed by atoms with van der Waals surface area (Å²) in [4.78, 5) is 0. The molecule has 0 unspecified atom stereocenters. The van der Waals surface area contributed by atoms with Gasteiger partial charge in [-0.25, -0.2) is 0 Å². The van der Waals surface area contributed by atoms with Gasteiger partial charge in [0.05, 0.1) is 0 Å². The van der Waals surface area contributed by atoms with Crippen LogP contribution >= 0.6 is 0 Å². The Morgan fingerprint density at radius 1 is 0.306 bits per heavy atom. The van der Waals surface area contributed by atoms with Crippen molar-refractivity contribution in [2.24, 2.45) is 0 Å². The van der Waals surface area contributed by atoms with Gasteiger partial charge in [0.25, 0.3) is 0 Å². The Bertz CT molecular complexity index is 2800. The van der Waals surface area contributed by atoms with Crippen LogP contribution in [0.1, 0.15) is 0 Å². The van der Waals surface area contributed by atoms with Crippen molar-refractivity contribution in [1.29, 1.82) is 0 Å². The van der Waals surface area contributed by atoms with E-state index in [-0.39, 0.29) is 0 Å². The molecular formula is C48H30O. The lowest BCUT2D eigenvalue weighted by atomic mass is 9.83. The van der Waals surface area contributed by atoms with Gasteiger partial charge in [0.2, 0.25) is 0 Å². The van der Waals surface area contributed by atoms with Crippen LogP contribution in [0.3, 0.4) is 0 Å². The maximum absolute atomic E-state index is 6.86. The molecule has 1 aromatic heterocycles. The second kappa shape index (κ2) is 11.1. The minimum Gasteiger partial charge on any atom is -0.455 e. The number of benzene rings is 9. The van der Waals surface area contributed by atoms with Crippen LogP contribution in [0.15, 0.2) is 186 Å². The molecule has 0 amide bonds. The first kappa shape index (κ1) is 27.7. The smallest absolute Gasteiger partial charge is 0.143 e. The minimum atomic E-state index is 0.890. The Hall–Kier alpha value is -6.44. The molecule has 0 saturated carbocycles. The maximum Gasteiger partial charge on any atom is 0.143 e. The minimum absolute atomic E-state index is 0.890. The first-order chi connectivity index (χ1) is 24.3. The Morgan fingerprint density at radius 2 is 0.816 bits per heavy atom. The second-order valence-corrected chi connectivity index (χ2v) is 12.8. The van der Waals surface area contributed by atoms with E-state index in [1.807, 2.05) is 0 Å². The van der Waals surface area contributed by atoms with E-state index in [1.165, 1.54) is 65.7 Å². The van der Waals surface area contributed by atoms with E-state index >= 15 is 0 Å². The highest BCUT2D eigenvalue weighted by molar-refractivity contribution is 6.27. The molecule has 0 aliphatic rings. The molecule has 1 heterocycles. The van der Waals surface area contributed by atoms with E-state index in [0.29, 0.717) is 0 Å². The molecule has 1 heteroatoms. The monoisotopic (exact) mass is 622 g/mol. The van der Waals surface area contributed by atoms with Crippen molar-refractivity contribution in [3.8, 4) is 44.5 Å². The quantitative estimate of drug-likeness (QED) is 0.178. The molecule has 0 fully saturated rings. The highest BCUT2D eigenvalue weighted by Gasteiger charge is 2.22. The summed E-state index contributed by atoms with van der Waals surface area (Å²) in [6, 6.07) is 65.6. The fraction of sp³-hybridized carbons (Fsp3) is 0. The zero-order valence-corrected chi connectivity index (χ0v) is 26.7. The SMILES string of the molecule is c1ccc(-c2cc(-c3ccccc3)c3oc4cccc(-c5c6ccccc6c(-c6cccc7ccccc67)c6ccccc56)c4c3c2)cc1. The van der Waals surface area contributed by atoms with Gasteiger partial charge in [-0.1, -0.05) is 164 Å². The fourth-order valence-electron chi connectivity index (χ4n) is 7.92. The van der Waals surface area contributed by atoms with Gasteiger partial charge in [0.15, 0.2) is 0 Å². The van der Waals surface area contributed by atoms with Crippen molar-refractivity contribution >= 4 is 54.3 Å². The third kappa shape index (κ3) is 4.33. The lowest BCUT2D eigenvalue weighted by Crippen LogP contribution is -1.92. The summed E-state index contributed by atoms with van der Waals surface area (Å²) in [7, 11) is 0. The van der Waals surface area contributed by atoms with Crippen LogP contribution in [0.5, 0.6) is 0 Å². The van der Waals surface area contributed by atoms with Crippen LogP contribution in [-0.2, 0) is 0 Å². The molecule has 0 aliphatic carbocycles. The lowest BCUT2D eigenvalue weighted by molar-refractivity contribution is 0.670. The zero-order valence-electron chi connectivity index (χ0n) is 26.7. The Balaban J connectivity index is 1.35. The zero-order chi connectivity index (χ0) is 32.3. The molecule has 0 radical (unpaired) electrons. The number of furan rings is 1. The molecule has 0 spiro atoms. The van der Waals surface area contributed by atoms with E-state index in [9.17, 15) is 0 Å². The van der Waals surface area contributed by atoms with Gasteiger partial charge in [-0.15, -0.1) is 0 Å². The molecule has 9 aromatic carbocycles. The van der Waals surface area contributed by atoms with Crippen molar-refractivity contribution in [2.45, 2.75) is 0 Å². The first-order valence-corrected chi connectivity index (χ1v) is 16.9. The molecule has 0 bridgehead atoms. The number of hydrogen-bond acceptors (Lipinski definition) is 1. The number of rotatable bonds is 4. The highest BCUT2D eigenvalue weighted by atomic mass is 16.3. The first-order valence-electron chi connectivity index (χ1n) is 16.9. The summed E-state index contributed by atoms with van der Waals surface area (Å²) in [5.74, 6) is 0. The molecule has 10 rings (SSSR count). The summed E-state index contributed by atoms with van der Waals surface area (Å²) in [5.41, 5.74) is 11.3. The lowest BCUT2D eigenvalue weighted by Gasteiger charge is -2.19. The molecule has 49 heavy (non-hydrogen) atoms. The number of hydrogen-bond donors (Lipinski definition) is 0. The molecule has 0 saturated heterocycles. The van der Waals surface area contributed by atoms with Crippen LogP contribution in [-0.4, -0.2) is 0 Å². The summed E-state index contributed by atoms with van der Waals surface area (Å²) in [6.45, 7) is 0. The van der Waals surface area contributed by atoms with Gasteiger partial charge >= 0.3 is 0 Å². The van der Waals surface area contributed by atoms with E-state index in [1.54, 1.807) is 0 Å². The van der Waals surface area contributed by atoms with E-state index in [2.05, 4.69) is 182 Å². The van der Waals surface area contributed by atoms with Gasteiger partial charge in [0.1, 0.15) is 11.2 Å². The molecule has 0 aliphatic heterocycles. The van der Waals surface area contributed by atoms with E-state index in [4.69, 9.17) is 4.42 Å².